The van der Waals surface area contributed by atoms with Crippen molar-refractivity contribution >= 4 is 17.5 Å². The predicted octanol–water partition coefficient (Wildman–Crippen LogP) is 2.01. The van der Waals surface area contributed by atoms with Crippen molar-refractivity contribution in [3.63, 3.8) is 0 Å². The van der Waals surface area contributed by atoms with Crippen LogP contribution in [0.1, 0.15) is 10.5 Å². The minimum atomic E-state index is -0.627. The monoisotopic (exact) mass is 396 g/mol. The molecule has 0 aliphatic rings. The van der Waals surface area contributed by atoms with Gasteiger partial charge < -0.3 is 25.3 Å². The van der Waals surface area contributed by atoms with Crippen LogP contribution < -0.4 is 25.3 Å². The van der Waals surface area contributed by atoms with Gasteiger partial charge in [0.1, 0.15) is 0 Å². The number of ether oxygens (including phenoxy) is 3. The number of nitrogens with zero attached hydrogens (tertiary/aromatic N) is 2. The van der Waals surface area contributed by atoms with Gasteiger partial charge in [0.05, 0.1) is 26.1 Å². The number of primary amides is 1. The summed E-state index contributed by atoms with van der Waals surface area (Å²) in [5.41, 5.74) is 6.44. The molecule has 0 fully saturated rings. The second kappa shape index (κ2) is 8.79. The molecular formula is C20H20N4O5. The lowest BCUT2D eigenvalue weighted by molar-refractivity contribution is -0.119. The van der Waals surface area contributed by atoms with E-state index in [4.69, 9.17) is 19.9 Å². The van der Waals surface area contributed by atoms with Crippen LogP contribution in [0.5, 0.6) is 17.2 Å². The maximum atomic E-state index is 12.8. The lowest BCUT2D eigenvalue weighted by Crippen LogP contribution is -2.20. The average molecular weight is 396 g/mol. The van der Waals surface area contributed by atoms with Crippen molar-refractivity contribution < 1.29 is 23.8 Å². The number of amides is 2. The fourth-order valence-corrected chi connectivity index (χ4v) is 2.58. The third-order valence-electron chi connectivity index (χ3n) is 3.93. The van der Waals surface area contributed by atoms with E-state index in [1.54, 1.807) is 23.0 Å². The second-order valence-corrected chi connectivity index (χ2v) is 5.90. The van der Waals surface area contributed by atoms with Crippen molar-refractivity contribution in [2.75, 3.05) is 26.1 Å². The zero-order chi connectivity index (χ0) is 20.8. The first-order valence-corrected chi connectivity index (χ1v) is 8.61. The number of nitrogens with two attached hydrogens (primary N) is 1. The highest BCUT2D eigenvalue weighted by molar-refractivity contribution is 6.04. The number of rotatable bonds is 8. The van der Waals surface area contributed by atoms with E-state index < -0.39 is 11.8 Å². The van der Waals surface area contributed by atoms with E-state index in [2.05, 4.69) is 10.4 Å². The van der Waals surface area contributed by atoms with Crippen molar-refractivity contribution in [1.29, 1.82) is 0 Å². The summed E-state index contributed by atoms with van der Waals surface area (Å²) in [7, 11) is 2.93. The van der Waals surface area contributed by atoms with Gasteiger partial charge in [-0.3, -0.25) is 9.59 Å². The van der Waals surface area contributed by atoms with Gasteiger partial charge in [-0.2, -0.15) is 5.10 Å². The molecule has 3 aromatic rings. The molecule has 9 nitrogen and oxygen atoms in total. The molecule has 0 radical (unpaired) electrons. The molecule has 0 bridgehead atoms. The van der Waals surface area contributed by atoms with E-state index in [1.165, 1.54) is 20.3 Å². The molecule has 2 aromatic carbocycles. The van der Waals surface area contributed by atoms with E-state index in [1.807, 2.05) is 30.3 Å². The molecule has 29 heavy (non-hydrogen) atoms. The number of anilines is 1. The van der Waals surface area contributed by atoms with Crippen LogP contribution in [0.2, 0.25) is 0 Å². The van der Waals surface area contributed by atoms with Gasteiger partial charge in [-0.25, -0.2) is 4.68 Å². The van der Waals surface area contributed by atoms with E-state index >= 15 is 0 Å². The normalized spacial score (nSPS) is 10.3. The largest absolute Gasteiger partial charge is 0.493 e. The molecule has 0 atom stereocenters. The van der Waals surface area contributed by atoms with Crippen LogP contribution in [-0.2, 0) is 4.79 Å². The third-order valence-corrected chi connectivity index (χ3v) is 3.93. The Kier molecular flexibility index (Phi) is 5.98. The van der Waals surface area contributed by atoms with Crippen molar-refractivity contribution in [2.45, 2.75) is 0 Å². The molecule has 3 rings (SSSR count). The lowest BCUT2D eigenvalue weighted by Gasteiger charge is -2.12. The summed E-state index contributed by atoms with van der Waals surface area (Å²) < 4.78 is 17.4. The number of carbonyl (C=O) groups excluding carboxylic acids is 2. The van der Waals surface area contributed by atoms with Crippen LogP contribution in [0.15, 0.2) is 54.7 Å². The Hall–Kier alpha value is -4.01. The number of hydrogen-bond acceptors (Lipinski definition) is 6. The summed E-state index contributed by atoms with van der Waals surface area (Å²) in [6, 6.07) is 14.1. The standard InChI is InChI=1S/C20H20N4O5/c1-27-15-9-8-13(10-16(15)29-12-18(21)25)22-20(26)19-17(28-2)11-24(23-19)14-6-4-3-5-7-14/h3-11H,12H2,1-2H3,(H2,21,25)(H,22,26). The molecule has 150 valence electrons. The number of para-hydroxylation sites is 1. The second-order valence-electron chi connectivity index (χ2n) is 5.90. The Labute approximate surface area is 167 Å². The summed E-state index contributed by atoms with van der Waals surface area (Å²) in [5, 5.41) is 7.06. The first-order chi connectivity index (χ1) is 14.0. The highest BCUT2D eigenvalue weighted by Gasteiger charge is 2.19. The first kappa shape index (κ1) is 19.7. The smallest absolute Gasteiger partial charge is 0.280 e. The zero-order valence-electron chi connectivity index (χ0n) is 15.9. The third kappa shape index (κ3) is 4.64. The Balaban J connectivity index is 1.84. The van der Waals surface area contributed by atoms with E-state index in [-0.39, 0.29) is 18.1 Å². The Morgan fingerprint density at radius 2 is 1.76 bits per heavy atom. The minimum Gasteiger partial charge on any atom is -0.493 e. The fourth-order valence-electron chi connectivity index (χ4n) is 2.58. The SMILES string of the molecule is COc1ccc(NC(=O)c2nn(-c3ccccc3)cc2OC)cc1OCC(N)=O. The van der Waals surface area contributed by atoms with Gasteiger partial charge in [0.25, 0.3) is 11.8 Å². The molecule has 0 spiro atoms. The predicted molar refractivity (Wildman–Crippen MR) is 106 cm³/mol. The number of benzene rings is 2. The van der Waals surface area contributed by atoms with Crippen molar-refractivity contribution in [1.82, 2.24) is 9.78 Å². The van der Waals surface area contributed by atoms with Crippen LogP contribution >= 0.6 is 0 Å². The van der Waals surface area contributed by atoms with Crippen LogP contribution in [0, 0.1) is 0 Å². The summed E-state index contributed by atoms with van der Waals surface area (Å²) in [4.78, 5) is 23.7. The maximum absolute atomic E-state index is 12.8. The van der Waals surface area contributed by atoms with Gasteiger partial charge in [0.15, 0.2) is 29.5 Å². The molecule has 2 amide bonds. The molecular weight excluding hydrogens is 376 g/mol. The van der Waals surface area contributed by atoms with Gasteiger partial charge in [0, 0.05) is 11.8 Å². The van der Waals surface area contributed by atoms with Gasteiger partial charge >= 0.3 is 0 Å². The molecule has 9 heteroatoms. The summed E-state index contributed by atoms with van der Waals surface area (Å²) >= 11 is 0. The molecule has 1 aromatic heterocycles. The molecule has 0 aliphatic carbocycles. The highest BCUT2D eigenvalue weighted by atomic mass is 16.5. The Morgan fingerprint density at radius 1 is 1.03 bits per heavy atom. The molecule has 0 saturated carbocycles. The highest BCUT2D eigenvalue weighted by Crippen LogP contribution is 2.31. The maximum Gasteiger partial charge on any atom is 0.280 e. The minimum absolute atomic E-state index is 0.117. The Morgan fingerprint density at radius 3 is 2.41 bits per heavy atom. The van der Waals surface area contributed by atoms with E-state index in [0.717, 1.165) is 5.69 Å². The van der Waals surface area contributed by atoms with Crippen LogP contribution in [0.25, 0.3) is 5.69 Å². The van der Waals surface area contributed by atoms with Crippen LogP contribution in [0.4, 0.5) is 5.69 Å². The van der Waals surface area contributed by atoms with Gasteiger partial charge in [-0.05, 0) is 24.3 Å². The fraction of sp³-hybridized carbons (Fsp3) is 0.150. The number of methoxy groups -OCH3 is 2. The molecule has 0 saturated heterocycles. The summed E-state index contributed by atoms with van der Waals surface area (Å²) in [5.74, 6) is -0.105. The molecule has 1 heterocycles. The molecule has 0 aliphatic heterocycles. The Bertz CT molecular complexity index is 1020. The van der Waals surface area contributed by atoms with Gasteiger partial charge in [-0.1, -0.05) is 18.2 Å². The average Bonchev–Trinajstić information content (AvgIpc) is 3.17. The number of aromatic nitrogens is 2. The first-order valence-electron chi connectivity index (χ1n) is 8.61. The lowest BCUT2D eigenvalue weighted by atomic mass is 10.2. The van der Waals surface area contributed by atoms with Crippen LogP contribution in [0.3, 0.4) is 0 Å². The summed E-state index contributed by atoms with van der Waals surface area (Å²) in [6.07, 6.45) is 1.62. The van der Waals surface area contributed by atoms with Crippen molar-refractivity contribution in [3.05, 3.63) is 60.4 Å². The van der Waals surface area contributed by atoms with Gasteiger partial charge in [0.2, 0.25) is 0 Å². The quantitative estimate of drug-likeness (QED) is 0.601. The van der Waals surface area contributed by atoms with Crippen molar-refractivity contribution in [3.8, 4) is 22.9 Å². The van der Waals surface area contributed by atoms with Gasteiger partial charge in [-0.15, -0.1) is 0 Å². The molecule has 0 unspecified atom stereocenters. The van der Waals surface area contributed by atoms with Crippen molar-refractivity contribution in [2.24, 2.45) is 5.73 Å². The number of carbonyl (C=O) groups is 2. The van der Waals surface area contributed by atoms with Crippen LogP contribution in [-0.4, -0.2) is 42.4 Å². The van der Waals surface area contributed by atoms with E-state index in [0.29, 0.717) is 17.2 Å². The number of hydrogen-bond donors (Lipinski definition) is 2. The molecule has 3 N–H and O–H groups in total. The zero-order valence-corrected chi connectivity index (χ0v) is 15.9. The number of nitrogens with one attached hydrogen (secondary N) is 1. The summed E-state index contributed by atoms with van der Waals surface area (Å²) in [6.45, 7) is -0.316. The topological polar surface area (TPSA) is 118 Å². The van der Waals surface area contributed by atoms with E-state index in [9.17, 15) is 9.59 Å².